The summed E-state index contributed by atoms with van der Waals surface area (Å²) in [5.74, 6) is 0.517. The summed E-state index contributed by atoms with van der Waals surface area (Å²) in [7, 11) is 0. The van der Waals surface area contributed by atoms with E-state index < -0.39 is 0 Å². The smallest absolute Gasteiger partial charge is 0.251 e. The molecule has 0 aromatic carbocycles. The molecule has 1 amide bonds. The molecule has 0 spiro atoms. The van der Waals surface area contributed by atoms with Crippen molar-refractivity contribution in [3.05, 3.63) is 0 Å². The lowest BCUT2D eigenvalue weighted by molar-refractivity contribution is -0.147. The van der Waals surface area contributed by atoms with Gasteiger partial charge in [0.25, 0.3) is 5.91 Å². The van der Waals surface area contributed by atoms with Gasteiger partial charge in [-0.15, -0.1) is 0 Å². The first-order valence-corrected chi connectivity index (χ1v) is 7.17. The maximum Gasteiger partial charge on any atom is 0.251 e. The molecule has 0 aromatic heterocycles. The molecular weight excluding hydrogens is 230 g/mol. The van der Waals surface area contributed by atoms with Gasteiger partial charge in [-0.25, -0.2) is 0 Å². The molecule has 0 radical (unpaired) electrons. The van der Waals surface area contributed by atoms with Crippen LogP contribution in [0.1, 0.15) is 46.5 Å². The molecule has 0 aliphatic heterocycles. The second kappa shape index (κ2) is 7.74. The van der Waals surface area contributed by atoms with Crippen molar-refractivity contribution in [1.82, 2.24) is 4.90 Å². The SMILES string of the molecule is CCN(CC)C(=O)C(C)OC1CCC(CO)CC1. The van der Waals surface area contributed by atoms with Crippen LogP contribution in [0.25, 0.3) is 0 Å². The topological polar surface area (TPSA) is 49.8 Å². The fraction of sp³-hybridized carbons (Fsp3) is 0.929. The van der Waals surface area contributed by atoms with E-state index in [2.05, 4.69) is 0 Å². The largest absolute Gasteiger partial charge is 0.396 e. The first kappa shape index (κ1) is 15.4. The Hall–Kier alpha value is -0.610. The Balaban J connectivity index is 2.36. The summed E-state index contributed by atoms with van der Waals surface area (Å²) < 4.78 is 5.86. The van der Waals surface area contributed by atoms with Crippen LogP contribution in [0, 0.1) is 5.92 Å². The summed E-state index contributed by atoms with van der Waals surface area (Å²) in [6, 6.07) is 0. The Morgan fingerprint density at radius 1 is 1.28 bits per heavy atom. The molecule has 1 fully saturated rings. The second-order valence-electron chi connectivity index (χ2n) is 5.11. The highest BCUT2D eigenvalue weighted by atomic mass is 16.5. The summed E-state index contributed by atoms with van der Waals surface area (Å²) in [5, 5.41) is 9.08. The first-order chi connectivity index (χ1) is 8.62. The van der Waals surface area contributed by atoms with Crippen LogP contribution in [-0.4, -0.2) is 47.8 Å². The average Bonchev–Trinajstić information content (AvgIpc) is 2.40. The molecule has 0 saturated heterocycles. The predicted octanol–water partition coefficient (Wildman–Crippen LogP) is 1.81. The number of amides is 1. The molecule has 0 heterocycles. The predicted molar refractivity (Wildman–Crippen MR) is 71.3 cm³/mol. The Morgan fingerprint density at radius 2 is 1.83 bits per heavy atom. The fourth-order valence-electron chi connectivity index (χ4n) is 2.59. The number of aliphatic hydroxyl groups is 1. The number of rotatable bonds is 6. The number of hydrogen-bond acceptors (Lipinski definition) is 3. The van der Waals surface area contributed by atoms with Gasteiger partial charge in [0.05, 0.1) is 6.10 Å². The highest BCUT2D eigenvalue weighted by Crippen LogP contribution is 2.26. The summed E-state index contributed by atoms with van der Waals surface area (Å²) >= 11 is 0. The van der Waals surface area contributed by atoms with Crippen LogP contribution in [-0.2, 0) is 9.53 Å². The number of aliphatic hydroxyl groups excluding tert-OH is 1. The Bertz CT molecular complexity index is 245. The van der Waals surface area contributed by atoms with Crippen molar-refractivity contribution in [1.29, 1.82) is 0 Å². The van der Waals surface area contributed by atoms with Crippen LogP contribution in [0.15, 0.2) is 0 Å². The third-order valence-electron chi connectivity index (χ3n) is 3.87. The van der Waals surface area contributed by atoms with Gasteiger partial charge in [0, 0.05) is 19.7 Å². The van der Waals surface area contributed by atoms with Crippen molar-refractivity contribution < 1.29 is 14.6 Å². The Labute approximate surface area is 110 Å². The number of likely N-dealkylation sites (N-methyl/N-ethyl adjacent to an activating group) is 1. The van der Waals surface area contributed by atoms with Gasteiger partial charge in [-0.05, 0) is 52.4 Å². The lowest BCUT2D eigenvalue weighted by atomic mass is 9.88. The lowest BCUT2D eigenvalue weighted by Gasteiger charge is -2.31. The fourth-order valence-corrected chi connectivity index (χ4v) is 2.59. The molecule has 1 aliphatic carbocycles. The quantitative estimate of drug-likeness (QED) is 0.789. The molecule has 4 heteroatoms. The zero-order valence-electron chi connectivity index (χ0n) is 11.9. The van der Waals surface area contributed by atoms with Crippen LogP contribution in [0.4, 0.5) is 0 Å². The van der Waals surface area contributed by atoms with E-state index in [4.69, 9.17) is 9.84 Å². The number of hydrogen-bond donors (Lipinski definition) is 1. The normalized spacial score (nSPS) is 25.8. The number of carbonyl (C=O) groups excluding carboxylic acids is 1. The zero-order valence-corrected chi connectivity index (χ0v) is 11.9. The third-order valence-corrected chi connectivity index (χ3v) is 3.87. The minimum absolute atomic E-state index is 0.0873. The van der Waals surface area contributed by atoms with E-state index in [0.29, 0.717) is 5.92 Å². The molecular formula is C14H27NO3. The van der Waals surface area contributed by atoms with Crippen LogP contribution < -0.4 is 0 Å². The first-order valence-electron chi connectivity index (χ1n) is 7.17. The maximum absolute atomic E-state index is 12.1. The van der Waals surface area contributed by atoms with Crippen molar-refractivity contribution in [2.24, 2.45) is 5.92 Å². The highest BCUT2D eigenvalue weighted by molar-refractivity contribution is 5.80. The minimum Gasteiger partial charge on any atom is -0.396 e. The third kappa shape index (κ3) is 4.25. The van der Waals surface area contributed by atoms with E-state index in [9.17, 15) is 4.79 Å². The summed E-state index contributed by atoms with van der Waals surface area (Å²) in [5.41, 5.74) is 0. The van der Waals surface area contributed by atoms with Gasteiger partial charge >= 0.3 is 0 Å². The van der Waals surface area contributed by atoms with Crippen LogP contribution in [0.3, 0.4) is 0 Å². The molecule has 1 atom stereocenters. The number of carbonyl (C=O) groups is 1. The van der Waals surface area contributed by atoms with E-state index in [1.807, 2.05) is 25.7 Å². The maximum atomic E-state index is 12.1. The summed E-state index contributed by atoms with van der Waals surface area (Å²) in [6.07, 6.45) is 3.77. The number of nitrogens with zero attached hydrogens (tertiary/aromatic N) is 1. The molecule has 0 aromatic rings. The van der Waals surface area contributed by atoms with Crippen molar-refractivity contribution in [3.8, 4) is 0 Å². The van der Waals surface area contributed by atoms with Gasteiger partial charge in [0.1, 0.15) is 6.10 Å². The van der Waals surface area contributed by atoms with Gasteiger partial charge in [-0.3, -0.25) is 4.79 Å². The van der Waals surface area contributed by atoms with Crippen LogP contribution in [0.5, 0.6) is 0 Å². The zero-order chi connectivity index (χ0) is 13.5. The van der Waals surface area contributed by atoms with Crippen LogP contribution in [0.2, 0.25) is 0 Å². The van der Waals surface area contributed by atoms with Gasteiger partial charge in [0.15, 0.2) is 0 Å². The molecule has 1 N–H and O–H groups in total. The average molecular weight is 257 g/mol. The lowest BCUT2D eigenvalue weighted by Crippen LogP contribution is -2.41. The molecule has 106 valence electrons. The van der Waals surface area contributed by atoms with Crippen molar-refractivity contribution in [2.45, 2.75) is 58.7 Å². The summed E-state index contributed by atoms with van der Waals surface area (Å²) in [6.45, 7) is 7.57. The van der Waals surface area contributed by atoms with E-state index in [0.717, 1.165) is 38.8 Å². The van der Waals surface area contributed by atoms with Crippen molar-refractivity contribution >= 4 is 5.91 Å². The summed E-state index contributed by atoms with van der Waals surface area (Å²) in [4.78, 5) is 13.9. The Morgan fingerprint density at radius 3 is 2.28 bits per heavy atom. The molecule has 1 unspecified atom stereocenters. The standard InChI is InChI=1S/C14H27NO3/c1-4-15(5-2)14(17)11(3)18-13-8-6-12(10-16)7-9-13/h11-13,16H,4-10H2,1-3H3. The minimum atomic E-state index is -0.347. The van der Waals surface area contributed by atoms with Gasteiger partial charge in [-0.2, -0.15) is 0 Å². The van der Waals surface area contributed by atoms with E-state index in [-0.39, 0.29) is 24.7 Å². The van der Waals surface area contributed by atoms with E-state index >= 15 is 0 Å². The van der Waals surface area contributed by atoms with E-state index in [1.165, 1.54) is 0 Å². The van der Waals surface area contributed by atoms with Gasteiger partial charge < -0.3 is 14.7 Å². The van der Waals surface area contributed by atoms with Gasteiger partial charge in [-0.1, -0.05) is 0 Å². The van der Waals surface area contributed by atoms with Crippen molar-refractivity contribution in [3.63, 3.8) is 0 Å². The molecule has 4 nitrogen and oxygen atoms in total. The van der Waals surface area contributed by atoms with E-state index in [1.54, 1.807) is 0 Å². The Kier molecular flexibility index (Phi) is 6.65. The second-order valence-corrected chi connectivity index (χ2v) is 5.11. The van der Waals surface area contributed by atoms with Crippen molar-refractivity contribution in [2.75, 3.05) is 19.7 Å². The molecule has 0 bridgehead atoms. The number of ether oxygens (including phenoxy) is 1. The molecule has 1 aliphatic rings. The monoisotopic (exact) mass is 257 g/mol. The van der Waals surface area contributed by atoms with Crippen LogP contribution >= 0.6 is 0 Å². The molecule has 18 heavy (non-hydrogen) atoms. The van der Waals surface area contributed by atoms with Gasteiger partial charge in [0.2, 0.25) is 0 Å². The molecule has 1 saturated carbocycles. The highest BCUT2D eigenvalue weighted by Gasteiger charge is 2.26. The molecule has 1 rings (SSSR count).